The second kappa shape index (κ2) is 6.24. The van der Waals surface area contributed by atoms with Crippen LogP contribution in [0.25, 0.3) is 4.96 Å². The highest BCUT2D eigenvalue weighted by Crippen LogP contribution is 2.21. The second-order valence-corrected chi connectivity index (χ2v) is 5.75. The molecule has 2 heterocycles. The Labute approximate surface area is 111 Å². The van der Waals surface area contributed by atoms with Gasteiger partial charge in [0.25, 0.3) is 0 Å². The summed E-state index contributed by atoms with van der Waals surface area (Å²) in [6.07, 6.45) is 5.82. The van der Waals surface area contributed by atoms with Crippen LogP contribution in [0.1, 0.15) is 43.4 Å². The van der Waals surface area contributed by atoms with E-state index < -0.39 is 0 Å². The van der Waals surface area contributed by atoms with Gasteiger partial charge in [-0.25, -0.2) is 0 Å². The maximum absolute atomic E-state index is 5.66. The Morgan fingerprint density at radius 1 is 1.28 bits per heavy atom. The molecule has 18 heavy (non-hydrogen) atoms. The van der Waals surface area contributed by atoms with Crippen LogP contribution in [0.5, 0.6) is 0 Å². The van der Waals surface area contributed by atoms with E-state index >= 15 is 0 Å². The third kappa shape index (κ3) is 3.05. The molecule has 0 saturated carbocycles. The van der Waals surface area contributed by atoms with Gasteiger partial charge in [-0.15, -0.1) is 10.2 Å². The Morgan fingerprint density at radius 2 is 2.11 bits per heavy atom. The SMILES string of the molecule is CCCC(CCN)CCc1nn2c(C)nnc2s1. The van der Waals surface area contributed by atoms with Crippen molar-refractivity contribution in [3.63, 3.8) is 0 Å². The number of nitrogens with zero attached hydrogens (tertiary/aromatic N) is 4. The Hall–Kier alpha value is -1.01. The molecule has 2 N–H and O–H groups in total. The lowest BCUT2D eigenvalue weighted by Gasteiger charge is -2.13. The van der Waals surface area contributed by atoms with Gasteiger partial charge in [0, 0.05) is 6.42 Å². The molecular formula is C12H21N5S. The monoisotopic (exact) mass is 267 g/mol. The predicted octanol–water partition coefficient (Wildman–Crippen LogP) is 2.19. The summed E-state index contributed by atoms with van der Waals surface area (Å²) in [6.45, 7) is 4.95. The number of hydrogen-bond acceptors (Lipinski definition) is 5. The zero-order valence-electron chi connectivity index (χ0n) is 11.1. The highest BCUT2D eigenvalue weighted by molar-refractivity contribution is 7.16. The molecule has 0 saturated heterocycles. The number of rotatable bonds is 7. The molecule has 0 amide bonds. The van der Waals surface area contributed by atoms with Crippen molar-refractivity contribution in [3.05, 3.63) is 10.8 Å². The zero-order valence-corrected chi connectivity index (χ0v) is 11.9. The summed E-state index contributed by atoms with van der Waals surface area (Å²) in [4.78, 5) is 0.897. The number of fused-ring (bicyclic) bond motifs is 1. The molecule has 2 rings (SSSR count). The van der Waals surface area contributed by atoms with Crippen molar-refractivity contribution in [1.82, 2.24) is 19.8 Å². The highest BCUT2D eigenvalue weighted by Gasteiger charge is 2.11. The molecule has 0 aliphatic heterocycles. The summed E-state index contributed by atoms with van der Waals surface area (Å²) < 4.78 is 1.83. The van der Waals surface area contributed by atoms with Gasteiger partial charge in [-0.05, 0) is 32.2 Å². The lowest BCUT2D eigenvalue weighted by atomic mass is 9.95. The molecule has 0 aliphatic carbocycles. The van der Waals surface area contributed by atoms with Gasteiger partial charge in [-0.1, -0.05) is 31.1 Å². The van der Waals surface area contributed by atoms with Gasteiger partial charge in [0.05, 0.1) is 0 Å². The molecule has 5 nitrogen and oxygen atoms in total. The molecule has 6 heteroatoms. The average molecular weight is 267 g/mol. The lowest BCUT2D eigenvalue weighted by molar-refractivity contribution is 0.420. The van der Waals surface area contributed by atoms with Crippen molar-refractivity contribution >= 4 is 16.3 Å². The van der Waals surface area contributed by atoms with Crippen LogP contribution in [0.15, 0.2) is 0 Å². The molecule has 1 atom stereocenters. The first-order valence-electron chi connectivity index (χ1n) is 6.62. The highest BCUT2D eigenvalue weighted by atomic mass is 32.1. The van der Waals surface area contributed by atoms with E-state index in [2.05, 4.69) is 22.2 Å². The third-order valence-electron chi connectivity index (χ3n) is 3.23. The first-order valence-corrected chi connectivity index (χ1v) is 7.44. The van der Waals surface area contributed by atoms with Crippen LogP contribution < -0.4 is 5.73 Å². The van der Waals surface area contributed by atoms with E-state index in [4.69, 9.17) is 5.73 Å². The molecular weight excluding hydrogens is 246 g/mol. The Morgan fingerprint density at radius 3 is 2.78 bits per heavy atom. The van der Waals surface area contributed by atoms with E-state index in [0.29, 0.717) is 0 Å². The van der Waals surface area contributed by atoms with Gasteiger partial charge in [0.1, 0.15) is 5.01 Å². The van der Waals surface area contributed by atoms with Crippen LogP contribution in [0.3, 0.4) is 0 Å². The van der Waals surface area contributed by atoms with Crippen LogP contribution in [0.2, 0.25) is 0 Å². The molecule has 0 spiro atoms. The van der Waals surface area contributed by atoms with Gasteiger partial charge >= 0.3 is 0 Å². The Kier molecular flexibility index (Phi) is 4.66. The van der Waals surface area contributed by atoms with E-state index in [1.165, 1.54) is 19.3 Å². The molecule has 0 aromatic carbocycles. The summed E-state index contributed by atoms with van der Waals surface area (Å²) in [7, 11) is 0. The van der Waals surface area contributed by atoms with Crippen LogP contribution in [-0.2, 0) is 6.42 Å². The fourth-order valence-corrected chi connectivity index (χ4v) is 3.15. The third-order valence-corrected chi connectivity index (χ3v) is 4.19. The first-order chi connectivity index (χ1) is 8.74. The number of aromatic nitrogens is 4. The van der Waals surface area contributed by atoms with Crippen molar-refractivity contribution < 1.29 is 0 Å². The van der Waals surface area contributed by atoms with Crippen molar-refractivity contribution in [2.24, 2.45) is 11.7 Å². The number of nitrogens with two attached hydrogens (primary N) is 1. The van der Waals surface area contributed by atoms with Crippen LogP contribution >= 0.6 is 11.3 Å². The average Bonchev–Trinajstić information content (AvgIpc) is 2.90. The molecule has 0 bridgehead atoms. The fourth-order valence-electron chi connectivity index (χ4n) is 2.26. The predicted molar refractivity (Wildman–Crippen MR) is 73.8 cm³/mol. The maximum Gasteiger partial charge on any atom is 0.234 e. The molecule has 2 aromatic heterocycles. The van der Waals surface area contributed by atoms with Crippen molar-refractivity contribution in [2.45, 2.75) is 46.0 Å². The number of aryl methyl sites for hydroxylation is 2. The summed E-state index contributed by atoms with van der Waals surface area (Å²) in [5, 5.41) is 13.8. The van der Waals surface area contributed by atoms with Gasteiger partial charge in [-0.2, -0.15) is 9.61 Å². The summed E-state index contributed by atoms with van der Waals surface area (Å²) >= 11 is 1.64. The Bertz CT molecular complexity index is 484. The maximum atomic E-state index is 5.66. The Balaban J connectivity index is 1.95. The second-order valence-electron chi connectivity index (χ2n) is 4.71. The molecule has 0 radical (unpaired) electrons. The quantitative estimate of drug-likeness (QED) is 0.835. The summed E-state index contributed by atoms with van der Waals surface area (Å²) in [5.41, 5.74) is 5.66. The zero-order chi connectivity index (χ0) is 13.0. The van der Waals surface area contributed by atoms with Crippen molar-refractivity contribution in [1.29, 1.82) is 0 Å². The topological polar surface area (TPSA) is 69.1 Å². The first kappa shape index (κ1) is 13.4. The summed E-state index contributed by atoms with van der Waals surface area (Å²) in [5.74, 6) is 1.59. The van der Waals surface area contributed by atoms with Gasteiger partial charge in [0.2, 0.25) is 4.96 Å². The molecule has 0 fully saturated rings. The normalized spacial score (nSPS) is 13.3. The van der Waals surface area contributed by atoms with Crippen LogP contribution in [0, 0.1) is 12.8 Å². The van der Waals surface area contributed by atoms with E-state index in [1.54, 1.807) is 11.3 Å². The fraction of sp³-hybridized carbons (Fsp3) is 0.750. The van der Waals surface area contributed by atoms with Crippen LogP contribution in [0.4, 0.5) is 0 Å². The minimum atomic E-state index is 0.732. The summed E-state index contributed by atoms with van der Waals surface area (Å²) in [6, 6.07) is 0. The smallest absolute Gasteiger partial charge is 0.234 e. The van der Waals surface area contributed by atoms with E-state index in [9.17, 15) is 0 Å². The minimum absolute atomic E-state index is 0.732. The van der Waals surface area contributed by atoms with Gasteiger partial charge in [0.15, 0.2) is 5.82 Å². The van der Waals surface area contributed by atoms with Gasteiger partial charge < -0.3 is 5.73 Å². The van der Waals surface area contributed by atoms with Gasteiger partial charge in [-0.3, -0.25) is 0 Å². The number of hydrogen-bond donors (Lipinski definition) is 1. The lowest BCUT2D eigenvalue weighted by Crippen LogP contribution is -2.09. The standard InChI is InChI=1S/C12H21N5S/c1-3-4-10(7-8-13)5-6-11-16-17-9(2)14-15-12(17)18-11/h10H,3-8,13H2,1-2H3. The largest absolute Gasteiger partial charge is 0.330 e. The minimum Gasteiger partial charge on any atom is -0.330 e. The molecule has 0 aliphatic rings. The van der Waals surface area contributed by atoms with Crippen LogP contribution in [-0.4, -0.2) is 26.4 Å². The van der Waals surface area contributed by atoms with Crippen molar-refractivity contribution in [2.75, 3.05) is 6.54 Å². The van der Waals surface area contributed by atoms with E-state index in [0.717, 1.165) is 41.1 Å². The molecule has 100 valence electrons. The van der Waals surface area contributed by atoms with E-state index in [-0.39, 0.29) is 0 Å². The van der Waals surface area contributed by atoms with Crippen molar-refractivity contribution in [3.8, 4) is 0 Å². The van der Waals surface area contributed by atoms with E-state index in [1.807, 2.05) is 11.4 Å². The molecule has 2 aromatic rings. The molecule has 1 unspecified atom stereocenters.